The van der Waals surface area contributed by atoms with E-state index in [4.69, 9.17) is 4.74 Å². The molecule has 1 heterocycles. The quantitative estimate of drug-likeness (QED) is 0.189. The fourth-order valence-electron chi connectivity index (χ4n) is 4.30. The zero-order chi connectivity index (χ0) is 26.0. The molecule has 0 amide bonds. The minimum atomic E-state index is -3.61. The van der Waals surface area contributed by atoms with Crippen LogP contribution in [0.5, 0.6) is 0 Å². The summed E-state index contributed by atoms with van der Waals surface area (Å²) in [6.45, 7) is 2.56. The number of hydrogen-bond donors (Lipinski definition) is 0. The van der Waals surface area contributed by atoms with Crippen LogP contribution in [0.2, 0.25) is 0 Å². The predicted octanol–water partition coefficient (Wildman–Crippen LogP) is 5.48. The molecule has 4 aromatic rings. The zero-order valence-corrected chi connectivity index (χ0v) is 22.8. The number of ether oxygens (including phenoxy) is 1. The van der Waals surface area contributed by atoms with Gasteiger partial charge in [-0.1, -0.05) is 55.5 Å². The first-order chi connectivity index (χ1) is 17.8. The van der Waals surface area contributed by atoms with Crippen LogP contribution < -0.4 is 0 Å². The van der Waals surface area contributed by atoms with Crippen LogP contribution in [0, 0.1) is 0 Å². The van der Waals surface area contributed by atoms with Crippen molar-refractivity contribution >= 4 is 30.6 Å². The number of aryl methyl sites for hydroxylation is 1. The van der Waals surface area contributed by atoms with E-state index in [-0.39, 0.29) is 17.3 Å². The third kappa shape index (κ3) is 5.11. The predicted molar refractivity (Wildman–Crippen MR) is 144 cm³/mol. The molecule has 0 spiro atoms. The maximum atomic E-state index is 13.2. The van der Waals surface area contributed by atoms with E-state index in [1.54, 1.807) is 48.5 Å². The fraction of sp³-hybridized carbons (Fsp3) is 0.172. The van der Waals surface area contributed by atoms with Crippen LogP contribution in [0.4, 0.5) is 0 Å². The van der Waals surface area contributed by atoms with E-state index < -0.39 is 30.6 Å². The van der Waals surface area contributed by atoms with Gasteiger partial charge in [0.15, 0.2) is 24.5 Å². The Bertz CT molecular complexity index is 1570. The Hall–Kier alpha value is -2.91. The van der Waals surface area contributed by atoms with E-state index in [1.165, 1.54) is 5.56 Å². The number of fused-ring (bicyclic) bond motifs is 2. The molecule has 5 rings (SSSR count). The largest absolute Gasteiger partial charge is 0.376 e. The lowest BCUT2D eigenvalue weighted by molar-refractivity contribution is 0.135. The molecule has 0 unspecified atom stereocenters. The van der Waals surface area contributed by atoms with Gasteiger partial charge in [-0.3, -0.25) is 0 Å². The zero-order valence-electron chi connectivity index (χ0n) is 20.3. The van der Waals surface area contributed by atoms with Gasteiger partial charge in [0.25, 0.3) is 0 Å². The third-order valence-corrected chi connectivity index (χ3v) is 12.5. The molecule has 1 aliphatic rings. The standard InChI is InChI=1S/C29H27O5S3/c1-2-22-11-13-23(14-12-22)21-34-19-20-36(30,31)25-17-15-24(16-18-25)35-26-7-3-5-9-28(26)37(32,33)29-10-6-4-8-27(29)35/h3-18H,2,19-21H2,1H3/q+1. The van der Waals surface area contributed by atoms with E-state index in [0.29, 0.717) is 16.4 Å². The highest BCUT2D eigenvalue weighted by Gasteiger charge is 2.44. The molecule has 0 N–H and O–H groups in total. The molecule has 0 bridgehead atoms. The first-order valence-electron chi connectivity index (χ1n) is 12.0. The molecule has 0 saturated heterocycles. The van der Waals surface area contributed by atoms with Crippen LogP contribution in [-0.4, -0.2) is 29.2 Å². The van der Waals surface area contributed by atoms with E-state index in [2.05, 4.69) is 19.1 Å². The average molecular weight is 552 g/mol. The summed E-state index contributed by atoms with van der Waals surface area (Å²) in [5.74, 6) is -0.116. The van der Waals surface area contributed by atoms with Crippen molar-refractivity contribution < 1.29 is 21.6 Å². The van der Waals surface area contributed by atoms with Gasteiger partial charge < -0.3 is 4.74 Å². The average Bonchev–Trinajstić information content (AvgIpc) is 2.92. The minimum Gasteiger partial charge on any atom is -0.376 e. The lowest BCUT2D eigenvalue weighted by Gasteiger charge is -2.19. The van der Waals surface area contributed by atoms with Crippen LogP contribution in [-0.2, 0) is 48.3 Å². The highest BCUT2D eigenvalue weighted by molar-refractivity contribution is 8.00. The molecule has 0 atom stereocenters. The maximum absolute atomic E-state index is 13.2. The summed E-state index contributed by atoms with van der Waals surface area (Å²) in [6.07, 6.45) is 0.970. The van der Waals surface area contributed by atoms with E-state index in [1.807, 2.05) is 36.4 Å². The van der Waals surface area contributed by atoms with Gasteiger partial charge in [0.2, 0.25) is 9.84 Å². The Balaban J connectivity index is 1.34. The van der Waals surface area contributed by atoms with Crippen molar-refractivity contribution in [2.75, 3.05) is 12.4 Å². The molecule has 0 aromatic heterocycles. The smallest absolute Gasteiger partial charge is 0.216 e. The van der Waals surface area contributed by atoms with Gasteiger partial charge in [0.1, 0.15) is 20.7 Å². The second kappa shape index (κ2) is 10.5. The lowest BCUT2D eigenvalue weighted by Crippen LogP contribution is -2.20. The van der Waals surface area contributed by atoms with Crippen molar-refractivity contribution in [3.8, 4) is 0 Å². The molecule has 37 heavy (non-hydrogen) atoms. The molecule has 0 saturated carbocycles. The van der Waals surface area contributed by atoms with Crippen LogP contribution in [0.25, 0.3) is 0 Å². The summed E-state index contributed by atoms with van der Waals surface area (Å²) in [7, 11) is -7.81. The first kappa shape index (κ1) is 25.7. The van der Waals surface area contributed by atoms with E-state index in [0.717, 1.165) is 26.7 Å². The molecule has 4 aromatic carbocycles. The van der Waals surface area contributed by atoms with Crippen LogP contribution >= 0.6 is 0 Å². The highest BCUT2D eigenvalue weighted by atomic mass is 32.2. The molecule has 190 valence electrons. The molecular weight excluding hydrogens is 525 g/mol. The van der Waals surface area contributed by atoms with Crippen LogP contribution in [0.15, 0.2) is 126 Å². The molecule has 8 heteroatoms. The third-order valence-electron chi connectivity index (χ3n) is 6.33. The minimum absolute atomic E-state index is 0.0998. The molecule has 5 nitrogen and oxygen atoms in total. The van der Waals surface area contributed by atoms with Crippen molar-refractivity contribution in [3.05, 3.63) is 108 Å². The Morgan fingerprint density at radius 1 is 0.730 bits per heavy atom. The normalized spacial score (nSPS) is 14.6. The van der Waals surface area contributed by atoms with Gasteiger partial charge in [-0.15, -0.1) is 0 Å². The molecule has 1 aliphatic heterocycles. The van der Waals surface area contributed by atoms with Gasteiger partial charge in [0, 0.05) is 0 Å². The van der Waals surface area contributed by atoms with Gasteiger partial charge >= 0.3 is 0 Å². The Morgan fingerprint density at radius 2 is 1.27 bits per heavy atom. The van der Waals surface area contributed by atoms with Gasteiger partial charge in [0.05, 0.1) is 23.9 Å². The monoisotopic (exact) mass is 551 g/mol. The molecule has 0 radical (unpaired) electrons. The van der Waals surface area contributed by atoms with Crippen molar-refractivity contribution in [3.63, 3.8) is 0 Å². The van der Waals surface area contributed by atoms with Gasteiger partial charge in [-0.2, -0.15) is 0 Å². The Morgan fingerprint density at radius 3 is 1.84 bits per heavy atom. The molecule has 0 fully saturated rings. The van der Waals surface area contributed by atoms with Crippen molar-refractivity contribution in [1.29, 1.82) is 0 Å². The number of sulfone groups is 2. The number of benzene rings is 4. The summed E-state index contributed by atoms with van der Waals surface area (Å²) in [4.78, 5) is 3.13. The summed E-state index contributed by atoms with van der Waals surface area (Å²) >= 11 is 0. The van der Waals surface area contributed by atoms with Crippen molar-refractivity contribution in [2.45, 2.75) is 49.3 Å². The molecular formula is C29H27O5S3+. The van der Waals surface area contributed by atoms with E-state index in [9.17, 15) is 16.8 Å². The summed E-state index contributed by atoms with van der Waals surface area (Å²) in [5.41, 5.74) is 2.26. The second-order valence-corrected chi connectivity index (χ2v) is 14.7. The van der Waals surface area contributed by atoms with Crippen molar-refractivity contribution in [2.24, 2.45) is 0 Å². The first-order valence-corrected chi connectivity index (χ1v) is 16.3. The molecule has 0 aliphatic carbocycles. The van der Waals surface area contributed by atoms with Crippen LogP contribution in [0.3, 0.4) is 0 Å². The summed E-state index contributed by atoms with van der Waals surface area (Å²) < 4.78 is 57.9. The maximum Gasteiger partial charge on any atom is 0.216 e. The Labute approximate surface area is 221 Å². The lowest BCUT2D eigenvalue weighted by atomic mass is 10.1. The van der Waals surface area contributed by atoms with Gasteiger partial charge in [-0.05, 0) is 66.1 Å². The summed E-state index contributed by atoms with van der Waals surface area (Å²) in [6, 6.07) is 29.0. The van der Waals surface area contributed by atoms with Gasteiger partial charge in [-0.25, -0.2) is 16.8 Å². The fourth-order valence-corrected chi connectivity index (χ4v) is 10.1. The van der Waals surface area contributed by atoms with Crippen LogP contribution in [0.1, 0.15) is 18.1 Å². The number of rotatable bonds is 8. The van der Waals surface area contributed by atoms with Crippen molar-refractivity contribution in [1.82, 2.24) is 0 Å². The summed E-state index contributed by atoms with van der Waals surface area (Å²) in [5, 5.41) is 0. The topological polar surface area (TPSA) is 77.5 Å². The van der Waals surface area contributed by atoms with E-state index >= 15 is 0 Å². The SMILES string of the molecule is CCc1ccc(COCCS(=O)(=O)c2ccc([S+]3c4ccccc4S(=O)(=O)c4ccccc43)cc2)cc1. The second-order valence-electron chi connectivity index (χ2n) is 8.72. The number of hydrogen-bond acceptors (Lipinski definition) is 5. The Kier molecular flexibility index (Phi) is 7.27. The highest BCUT2D eigenvalue weighted by Crippen LogP contribution is 2.44.